The molecule has 1 aliphatic heterocycles. The summed E-state index contributed by atoms with van der Waals surface area (Å²) >= 11 is 0. The number of hydrogen-bond donors (Lipinski definition) is 2. The normalized spacial score (nSPS) is 16.8. The molecule has 0 radical (unpaired) electrons. The van der Waals surface area contributed by atoms with Crippen LogP contribution >= 0.6 is 24.0 Å². The topological polar surface area (TPSA) is 56.7 Å². The minimum atomic E-state index is 0. The van der Waals surface area contributed by atoms with Gasteiger partial charge in [-0.3, -0.25) is 9.79 Å². The SMILES string of the molecule is CCNC(=NCCc1ccc2ccccc2c1)NC1CCN(C(=O)C(C)C)C1.I. The van der Waals surface area contributed by atoms with Crippen LogP contribution in [-0.4, -0.2) is 49.0 Å². The van der Waals surface area contributed by atoms with Crippen molar-refractivity contribution in [3.63, 3.8) is 0 Å². The lowest BCUT2D eigenvalue weighted by Gasteiger charge is -2.20. The number of benzene rings is 2. The quantitative estimate of drug-likeness (QED) is 0.355. The van der Waals surface area contributed by atoms with E-state index in [1.54, 1.807) is 0 Å². The summed E-state index contributed by atoms with van der Waals surface area (Å²) < 4.78 is 0. The fraction of sp³-hybridized carbons (Fsp3) is 0.478. The minimum Gasteiger partial charge on any atom is -0.357 e. The molecule has 3 rings (SSSR count). The lowest BCUT2D eigenvalue weighted by Crippen LogP contribution is -2.45. The van der Waals surface area contributed by atoms with Gasteiger partial charge in [-0.2, -0.15) is 0 Å². The maximum absolute atomic E-state index is 12.2. The van der Waals surface area contributed by atoms with Crippen LogP contribution in [0.15, 0.2) is 47.5 Å². The Morgan fingerprint density at radius 2 is 1.97 bits per heavy atom. The van der Waals surface area contributed by atoms with Gasteiger partial charge in [0.2, 0.25) is 5.91 Å². The predicted molar refractivity (Wildman–Crippen MR) is 132 cm³/mol. The van der Waals surface area contributed by atoms with Gasteiger partial charge in [-0.05, 0) is 36.1 Å². The van der Waals surface area contributed by atoms with Gasteiger partial charge in [-0.25, -0.2) is 0 Å². The first kappa shape index (κ1) is 23.4. The van der Waals surface area contributed by atoms with Crippen LogP contribution in [0.3, 0.4) is 0 Å². The van der Waals surface area contributed by atoms with Gasteiger partial charge in [0.1, 0.15) is 0 Å². The van der Waals surface area contributed by atoms with Crippen LogP contribution in [0.4, 0.5) is 0 Å². The molecule has 1 atom stereocenters. The Bertz CT molecular complexity index is 836. The van der Waals surface area contributed by atoms with Crippen LogP contribution < -0.4 is 10.6 Å². The number of rotatable bonds is 6. The molecule has 1 unspecified atom stereocenters. The van der Waals surface area contributed by atoms with E-state index >= 15 is 0 Å². The molecule has 1 saturated heterocycles. The average Bonchev–Trinajstić information content (AvgIpc) is 3.15. The second-order valence-electron chi connectivity index (χ2n) is 7.76. The molecule has 0 spiro atoms. The van der Waals surface area contributed by atoms with Crippen LogP contribution in [0, 0.1) is 5.92 Å². The summed E-state index contributed by atoms with van der Waals surface area (Å²) in [5, 5.41) is 9.37. The molecule has 0 aromatic heterocycles. The molecule has 0 saturated carbocycles. The van der Waals surface area contributed by atoms with Gasteiger partial charge in [0.15, 0.2) is 5.96 Å². The van der Waals surface area contributed by atoms with E-state index in [4.69, 9.17) is 4.99 Å². The molecule has 2 aromatic carbocycles. The number of nitrogens with one attached hydrogen (secondary N) is 2. The van der Waals surface area contributed by atoms with Crippen LogP contribution in [-0.2, 0) is 11.2 Å². The molecule has 0 bridgehead atoms. The number of hydrogen-bond acceptors (Lipinski definition) is 2. The maximum Gasteiger partial charge on any atom is 0.225 e. The highest BCUT2D eigenvalue weighted by Gasteiger charge is 2.27. The summed E-state index contributed by atoms with van der Waals surface area (Å²) in [5.74, 6) is 1.14. The Balaban J connectivity index is 0.00000300. The monoisotopic (exact) mass is 508 g/mol. The van der Waals surface area contributed by atoms with E-state index in [0.29, 0.717) is 0 Å². The fourth-order valence-corrected chi connectivity index (χ4v) is 3.65. The zero-order valence-corrected chi connectivity index (χ0v) is 20.0. The van der Waals surface area contributed by atoms with Crippen LogP contribution in [0.1, 0.15) is 32.8 Å². The molecular weight excluding hydrogens is 475 g/mol. The standard InChI is InChI=1S/C23H32N4O.HI/c1-4-24-23(26-21-12-14-27(16-21)22(28)17(2)3)25-13-11-18-9-10-19-7-5-6-8-20(19)15-18;/h5-10,15,17,21H,4,11-14,16H2,1-3H3,(H2,24,25,26);1H. The van der Waals surface area contributed by atoms with Gasteiger partial charge < -0.3 is 15.5 Å². The van der Waals surface area contributed by atoms with Crippen molar-refractivity contribution in [1.29, 1.82) is 0 Å². The molecule has 6 heteroatoms. The van der Waals surface area contributed by atoms with Crippen molar-refractivity contribution in [2.24, 2.45) is 10.9 Å². The maximum atomic E-state index is 12.2. The molecule has 5 nitrogen and oxygen atoms in total. The molecule has 29 heavy (non-hydrogen) atoms. The number of fused-ring (bicyclic) bond motifs is 1. The molecule has 2 N–H and O–H groups in total. The molecule has 0 aliphatic carbocycles. The van der Waals surface area contributed by atoms with Crippen molar-refractivity contribution < 1.29 is 4.79 Å². The Labute approximate surface area is 191 Å². The molecule has 1 heterocycles. The van der Waals surface area contributed by atoms with Crippen molar-refractivity contribution in [2.45, 2.75) is 39.7 Å². The Hall–Kier alpha value is -1.83. The smallest absolute Gasteiger partial charge is 0.225 e. The van der Waals surface area contributed by atoms with Gasteiger partial charge >= 0.3 is 0 Å². The zero-order valence-electron chi connectivity index (χ0n) is 17.6. The van der Waals surface area contributed by atoms with Gasteiger partial charge in [0.25, 0.3) is 0 Å². The molecule has 1 amide bonds. The summed E-state index contributed by atoms with van der Waals surface area (Å²) in [7, 11) is 0. The van der Waals surface area contributed by atoms with E-state index < -0.39 is 0 Å². The van der Waals surface area contributed by atoms with Gasteiger partial charge in [0.05, 0.1) is 0 Å². The second-order valence-corrected chi connectivity index (χ2v) is 7.76. The largest absolute Gasteiger partial charge is 0.357 e. The fourth-order valence-electron chi connectivity index (χ4n) is 3.65. The van der Waals surface area contributed by atoms with Crippen LogP contribution in [0.25, 0.3) is 10.8 Å². The number of likely N-dealkylation sites (tertiary alicyclic amines) is 1. The second kappa shape index (κ2) is 11.4. The highest BCUT2D eigenvalue weighted by molar-refractivity contribution is 14.0. The Morgan fingerprint density at radius 1 is 1.21 bits per heavy atom. The van der Waals surface area contributed by atoms with Gasteiger partial charge in [-0.1, -0.05) is 56.3 Å². The number of aliphatic imine (C=N–C) groups is 1. The number of nitrogens with zero attached hydrogens (tertiary/aromatic N) is 2. The summed E-state index contributed by atoms with van der Waals surface area (Å²) in [6.45, 7) is 9.13. The van der Waals surface area contributed by atoms with Crippen LogP contribution in [0.2, 0.25) is 0 Å². The van der Waals surface area contributed by atoms with Gasteiger partial charge in [0, 0.05) is 38.1 Å². The molecule has 2 aromatic rings. The summed E-state index contributed by atoms with van der Waals surface area (Å²) in [6, 6.07) is 15.3. The lowest BCUT2D eigenvalue weighted by molar-refractivity contribution is -0.133. The molecule has 1 fully saturated rings. The van der Waals surface area contributed by atoms with Crippen molar-refractivity contribution >= 4 is 46.6 Å². The van der Waals surface area contributed by atoms with Crippen molar-refractivity contribution in [3.05, 3.63) is 48.0 Å². The third-order valence-electron chi connectivity index (χ3n) is 5.16. The Kier molecular flexibility index (Phi) is 9.20. The van der Waals surface area contributed by atoms with E-state index in [2.05, 4.69) is 60.0 Å². The van der Waals surface area contributed by atoms with E-state index in [1.807, 2.05) is 18.7 Å². The number of halogens is 1. The van der Waals surface area contributed by atoms with Gasteiger partial charge in [-0.15, -0.1) is 24.0 Å². The molecular formula is C23H33IN4O. The third-order valence-corrected chi connectivity index (χ3v) is 5.16. The van der Waals surface area contributed by atoms with Crippen LogP contribution in [0.5, 0.6) is 0 Å². The van der Waals surface area contributed by atoms with E-state index in [-0.39, 0.29) is 41.8 Å². The summed E-state index contributed by atoms with van der Waals surface area (Å²) in [4.78, 5) is 18.9. The third kappa shape index (κ3) is 6.59. The first-order valence-electron chi connectivity index (χ1n) is 10.4. The van der Waals surface area contributed by atoms with Crippen molar-refractivity contribution in [1.82, 2.24) is 15.5 Å². The predicted octanol–water partition coefficient (Wildman–Crippen LogP) is 3.81. The first-order chi connectivity index (χ1) is 13.6. The van der Waals surface area contributed by atoms with Crippen molar-refractivity contribution in [3.8, 4) is 0 Å². The zero-order chi connectivity index (χ0) is 19.9. The minimum absolute atomic E-state index is 0. The molecule has 158 valence electrons. The molecule has 1 aliphatic rings. The first-order valence-corrected chi connectivity index (χ1v) is 10.4. The summed E-state index contributed by atoms with van der Waals surface area (Å²) in [6.07, 6.45) is 1.87. The summed E-state index contributed by atoms with van der Waals surface area (Å²) in [5.41, 5.74) is 1.30. The number of amides is 1. The Morgan fingerprint density at radius 3 is 2.69 bits per heavy atom. The van der Waals surface area contributed by atoms with E-state index in [1.165, 1.54) is 16.3 Å². The van der Waals surface area contributed by atoms with E-state index in [0.717, 1.165) is 45.0 Å². The average molecular weight is 508 g/mol. The highest BCUT2D eigenvalue weighted by atomic mass is 127. The lowest BCUT2D eigenvalue weighted by atomic mass is 10.1. The number of carbonyl (C=O) groups excluding carboxylic acids is 1. The van der Waals surface area contributed by atoms with E-state index in [9.17, 15) is 4.79 Å². The number of guanidine groups is 1. The van der Waals surface area contributed by atoms with Crippen molar-refractivity contribution in [2.75, 3.05) is 26.2 Å². The number of carbonyl (C=O) groups is 1. The highest BCUT2D eigenvalue weighted by Crippen LogP contribution is 2.16.